The van der Waals surface area contributed by atoms with Crippen LogP contribution in [0.2, 0.25) is 5.15 Å². The largest absolute Gasteiger partial charge is 0.360 e. The molecular formula is C24H19ClN4O. The fraction of sp³-hybridized carbons (Fsp3) is 0.0833. The summed E-state index contributed by atoms with van der Waals surface area (Å²) in [6, 6.07) is 26.9. The van der Waals surface area contributed by atoms with Gasteiger partial charge in [-0.3, -0.25) is 9.69 Å². The predicted octanol–water partition coefficient (Wildman–Crippen LogP) is 5.61. The number of aromatic nitrogens is 2. The number of fused-ring (bicyclic) bond motifs is 1. The van der Waals surface area contributed by atoms with Crippen molar-refractivity contribution in [3.63, 3.8) is 0 Å². The Kier molecular flexibility index (Phi) is 4.52. The minimum atomic E-state index is -0.486. The molecule has 0 spiro atoms. The van der Waals surface area contributed by atoms with Gasteiger partial charge in [-0.1, -0.05) is 60.1 Å². The van der Waals surface area contributed by atoms with Crippen LogP contribution in [0, 0.1) is 6.92 Å². The fourth-order valence-corrected chi connectivity index (χ4v) is 4.25. The predicted molar refractivity (Wildman–Crippen MR) is 119 cm³/mol. The number of hydrogen-bond acceptors (Lipinski definition) is 3. The van der Waals surface area contributed by atoms with E-state index in [9.17, 15) is 4.79 Å². The summed E-state index contributed by atoms with van der Waals surface area (Å²) in [4.78, 5) is 15.3. The normalized spacial score (nSPS) is 15.6. The van der Waals surface area contributed by atoms with Gasteiger partial charge in [-0.15, -0.1) is 0 Å². The third-order valence-electron chi connectivity index (χ3n) is 5.28. The van der Waals surface area contributed by atoms with Crippen LogP contribution in [-0.2, 0) is 0 Å². The summed E-state index contributed by atoms with van der Waals surface area (Å²) in [5.41, 5.74) is 4.59. The minimum Gasteiger partial charge on any atom is -0.360 e. The zero-order chi connectivity index (χ0) is 20.7. The Morgan fingerprint density at radius 1 is 0.867 bits per heavy atom. The number of amides is 1. The van der Waals surface area contributed by atoms with Crippen LogP contribution in [0.1, 0.15) is 27.8 Å². The molecular weight excluding hydrogens is 396 g/mol. The SMILES string of the molecule is Cc1nn(-c2ccccc2)c(Cl)c1C1Nc2ccccc2C(=O)N1c1ccccc1. The average Bonchev–Trinajstić information content (AvgIpc) is 3.08. The van der Waals surface area contributed by atoms with Crippen molar-refractivity contribution in [3.8, 4) is 5.69 Å². The standard InChI is InChI=1S/C24H19ClN4O/c1-16-21(22(25)29(27-16)18-12-6-3-7-13-18)23-26-20-15-9-8-14-19(20)24(30)28(23)17-10-4-2-5-11-17/h2-15,23,26H,1H3. The number of para-hydroxylation sites is 3. The van der Waals surface area contributed by atoms with Gasteiger partial charge >= 0.3 is 0 Å². The molecule has 1 aliphatic heterocycles. The van der Waals surface area contributed by atoms with Crippen molar-refractivity contribution in [1.29, 1.82) is 0 Å². The Morgan fingerprint density at radius 3 is 2.17 bits per heavy atom. The van der Waals surface area contributed by atoms with Crippen LogP contribution in [-0.4, -0.2) is 15.7 Å². The molecule has 5 rings (SSSR count). The quantitative estimate of drug-likeness (QED) is 0.474. The lowest BCUT2D eigenvalue weighted by Crippen LogP contribution is -2.43. The molecule has 0 radical (unpaired) electrons. The zero-order valence-electron chi connectivity index (χ0n) is 16.3. The van der Waals surface area contributed by atoms with Gasteiger partial charge in [0.15, 0.2) is 0 Å². The maximum absolute atomic E-state index is 13.5. The monoisotopic (exact) mass is 414 g/mol. The summed E-state index contributed by atoms with van der Waals surface area (Å²) in [5, 5.41) is 8.65. The minimum absolute atomic E-state index is 0.0801. The molecule has 4 aromatic rings. The van der Waals surface area contributed by atoms with Gasteiger partial charge in [-0.05, 0) is 43.3 Å². The van der Waals surface area contributed by atoms with E-state index in [0.29, 0.717) is 10.7 Å². The van der Waals surface area contributed by atoms with Gasteiger partial charge in [0.1, 0.15) is 11.3 Å². The molecule has 0 fully saturated rings. The van der Waals surface area contributed by atoms with E-state index in [0.717, 1.165) is 28.3 Å². The van der Waals surface area contributed by atoms with Crippen LogP contribution in [0.25, 0.3) is 5.69 Å². The summed E-state index contributed by atoms with van der Waals surface area (Å²) in [6.07, 6.45) is -0.486. The van der Waals surface area contributed by atoms with Crippen LogP contribution in [0.15, 0.2) is 84.9 Å². The van der Waals surface area contributed by atoms with Gasteiger partial charge in [-0.25, -0.2) is 4.68 Å². The van der Waals surface area contributed by atoms with E-state index in [1.165, 1.54) is 0 Å². The molecule has 0 saturated carbocycles. The highest BCUT2D eigenvalue weighted by molar-refractivity contribution is 6.31. The van der Waals surface area contributed by atoms with Crippen molar-refractivity contribution >= 4 is 28.9 Å². The van der Waals surface area contributed by atoms with Crippen molar-refractivity contribution in [2.45, 2.75) is 13.1 Å². The second-order valence-electron chi connectivity index (χ2n) is 7.14. The number of halogens is 1. The number of carbonyl (C=O) groups is 1. The van der Waals surface area contributed by atoms with E-state index in [1.54, 1.807) is 9.58 Å². The Bertz CT molecular complexity index is 1220. The number of benzene rings is 3. The number of nitrogens with zero attached hydrogens (tertiary/aromatic N) is 3. The van der Waals surface area contributed by atoms with E-state index >= 15 is 0 Å². The van der Waals surface area contributed by atoms with Crippen molar-refractivity contribution in [2.24, 2.45) is 0 Å². The first-order valence-electron chi connectivity index (χ1n) is 9.70. The molecule has 1 atom stereocenters. The number of anilines is 2. The highest BCUT2D eigenvalue weighted by atomic mass is 35.5. The number of aryl methyl sites for hydroxylation is 1. The van der Waals surface area contributed by atoms with E-state index in [4.69, 9.17) is 11.6 Å². The third-order valence-corrected chi connectivity index (χ3v) is 5.65. The second-order valence-corrected chi connectivity index (χ2v) is 7.50. The Balaban J connectivity index is 1.69. The fourth-order valence-electron chi connectivity index (χ4n) is 3.87. The zero-order valence-corrected chi connectivity index (χ0v) is 17.0. The average molecular weight is 415 g/mol. The van der Waals surface area contributed by atoms with E-state index in [1.807, 2.05) is 91.9 Å². The number of hydrogen-bond donors (Lipinski definition) is 1. The maximum atomic E-state index is 13.5. The molecule has 1 amide bonds. The summed E-state index contributed by atoms with van der Waals surface area (Å²) in [7, 11) is 0. The second kappa shape index (κ2) is 7.35. The van der Waals surface area contributed by atoms with Gasteiger partial charge < -0.3 is 5.32 Å². The Morgan fingerprint density at radius 2 is 1.47 bits per heavy atom. The highest BCUT2D eigenvalue weighted by Gasteiger charge is 2.37. The van der Waals surface area contributed by atoms with Gasteiger partial charge in [-0.2, -0.15) is 5.10 Å². The molecule has 0 bridgehead atoms. The molecule has 2 heterocycles. The van der Waals surface area contributed by atoms with Crippen molar-refractivity contribution in [3.05, 3.63) is 107 Å². The summed E-state index contributed by atoms with van der Waals surface area (Å²) in [6.45, 7) is 1.91. The Labute approximate surface area is 179 Å². The van der Waals surface area contributed by atoms with Gasteiger partial charge in [0, 0.05) is 11.4 Å². The van der Waals surface area contributed by atoms with Crippen LogP contribution < -0.4 is 10.2 Å². The van der Waals surface area contributed by atoms with Crippen LogP contribution >= 0.6 is 11.6 Å². The van der Waals surface area contributed by atoms with Gasteiger partial charge in [0.25, 0.3) is 5.91 Å². The molecule has 1 N–H and O–H groups in total. The van der Waals surface area contributed by atoms with Gasteiger partial charge in [0.2, 0.25) is 0 Å². The van der Waals surface area contributed by atoms with E-state index < -0.39 is 6.17 Å². The summed E-state index contributed by atoms with van der Waals surface area (Å²) >= 11 is 6.85. The summed E-state index contributed by atoms with van der Waals surface area (Å²) in [5.74, 6) is -0.0801. The lowest BCUT2D eigenvalue weighted by molar-refractivity contribution is 0.0975. The molecule has 0 saturated heterocycles. The molecule has 5 nitrogen and oxygen atoms in total. The first-order valence-corrected chi connectivity index (χ1v) is 10.1. The molecule has 3 aromatic carbocycles. The first kappa shape index (κ1) is 18.5. The summed E-state index contributed by atoms with van der Waals surface area (Å²) < 4.78 is 1.71. The third kappa shape index (κ3) is 2.95. The maximum Gasteiger partial charge on any atom is 0.262 e. The smallest absolute Gasteiger partial charge is 0.262 e. The topological polar surface area (TPSA) is 50.2 Å². The Hall–Kier alpha value is -3.57. The number of rotatable bonds is 3. The lowest BCUT2D eigenvalue weighted by atomic mass is 10.0. The highest BCUT2D eigenvalue weighted by Crippen LogP contribution is 2.40. The molecule has 1 aliphatic rings. The molecule has 30 heavy (non-hydrogen) atoms. The molecule has 1 unspecified atom stereocenters. The van der Waals surface area contributed by atoms with Crippen molar-refractivity contribution < 1.29 is 4.79 Å². The van der Waals surface area contributed by atoms with Crippen LogP contribution in [0.3, 0.4) is 0 Å². The van der Waals surface area contributed by atoms with E-state index in [-0.39, 0.29) is 5.91 Å². The number of carbonyl (C=O) groups excluding carboxylic acids is 1. The van der Waals surface area contributed by atoms with Crippen LogP contribution in [0.5, 0.6) is 0 Å². The number of nitrogens with one attached hydrogen (secondary N) is 1. The molecule has 148 valence electrons. The van der Waals surface area contributed by atoms with Gasteiger partial charge in [0.05, 0.1) is 22.5 Å². The first-order chi connectivity index (χ1) is 14.6. The van der Waals surface area contributed by atoms with Crippen molar-refractivity contribution in [2.75, 3.05) is 10.2 Å². The van der Waals surface area contributed by atoms with Crippen LogP contribution in [0.4, 0.5) is 11.4 Å². The van der Waals surface area contributed by atoms with E-state index in [2.05, 4.69) is 10.4 Å². The molecule has 1 aromatic heterocycles. The molecule has 0 aliphatic carbocycles. The lowest BCUT2D eigenvalue weighted by Gasteiger charge is -2.38. The van der Waals surface area contributed by atoms with Crippen molar-refractivity contribution in [1.82, 2.24) is 9.78 Å². The molecule has 6 heteroatoms.